The van der Waals surface area contributed by atoms with Gasteiger partial charge in [0.1, 0.15) is 0 Å². The van der Waals surface area contributed by atoms with Crippen molar-refractivity contribution in [2.45, 2.75) is 33.7 Å². The van der Waals surface area contributed by atoms with Crippen molar-refractivity contribution in [2.24, 2.45) is 14.1 Å². The lowest BCUT2D eigenvalue weighted by Crippen LogP contribution is -2.37. The van der Waals surface area contributed by atoms with Crippen molar-refractivity contribution in [1.82, 2.24) is 23.6 Å². The second kappa shape index (κ2) is 7.21. The fourth-order valence-electron chi connectivity index (χ4n) is 2.91. The molecule has 2 rings (SSSR count). The van der Waals surface area contributed by atoms with Crippen LogP contribution in [0.15, 0.2) is 9.59 Å². The maximum Gasteiger partial charge on any atom is 0.332 e. The zero-order valence-corrected chi connectivity index (χ0v) is 15.5. The van der Waals surface area contributed by atoms with Crippen LogP contribution in [-0.2, 0) is 14.1 Å². The molecule has 0 radical (unpaired) electrons. The van der Waals surface area contributed by atoms with Gasteiger partial charge in [0.05, 0.1) is 0 Å². The van der Waals surface area contributed by atoms with E-state index in [1.807, 2.05) is 18.4 Å². The highest BCUT2D eigenvalue weighted by Crippen LogP contribution is 2.20. The molecule has 0 aromatic carbocycles. The van der Waals surface area contributed by atoms with Crippen LogP contribution in [0.2, 0.25) is 0 Å². The minimum atomic E-state index is -0.365. The van der Waals surface area contributed by atoms with Gasteiger partial charge < -0.3 is 14.8 Å². The van der Waals surface area contributed by atoms with E-state index >= 15 is 0 Å². The zero-order valence-electron chi connectivity index (χ0n) is 15.5. The van der Waals surface area contributed by atoms with E-state index in [-0.39, 0.29) is 17.3 Å². The molecule has 0 atom stereocenters. The average Bonchev–Trinajstić information content (AvgIpc) is 2.94. The van der Waals surface area contributed by atoms with Gasteiger partial charge in [-0.15, -0.1) is 0 Å². The summed E-state index contributed by atoms with van der Waals surface area (Å²) in [4.78, 5) is 31.5. The Balaban J connectivity index is 2.49. The number of aryl methyl sites for hydroxylation is 1. The largest absolute Gasteiger partial charge is 0.354 e. The summed E-state index contributed by atoms with van der Waals surface area (Å²) in [5.41, 5.74) is 0.198. The Morgan fingerprint density at radius 1 is 1.12 bits per heavy atom. The van der Waals surface area contributed by atoms with Crippen LogP contribution in [0, 0.1) is 0 Å². The van der Waals surface area contributed by atoms with Gasteiger partial charge in [0.15, 0.2) is 11.2 Å². The molecule has 0 amide bonds. The number of anilines is 1. The summed E-state index contributed by atoms with van der Waals surface area (Å²) < 4.78 is 4.42. The minimum absolute atomic E-state index is 0.0520. The third kappa shape index (κ3) is 3.10. The highest BCUT2D eigenvalue weighted by Gasteiger charge is 2.20. The Bertz CT molecular complexity index is 826. The van der Waals surface area contributed by atoms with Crippen molar-refractivity contribution < 1.29 is 0 Å². The SMILES string of the molecule is CCN(CC)CCNc1nc2c(c(=O)n(C)c(=O)n2C)n1C(C)C. The Morgan fingerprint density at radius 2 is 1.75 bits per heavy atom. The molecule has 2 heterocycles. The molecule has 0 spiro atoms. The van der Waals surface area contributed by atoms with E-state index in [2.05, 4.69) is 29.0 Å². The van der Waals surface area contributed by atoms with E-state index in [4.69, 9.17) is 0 Å². The van der Waals surface area contributed by atoms with Crippen molar-refractivity contribution >= 4 is 17.1 Å². The molecule has 0 aliphatic carbocycles. The number of aromatic nitrogens is 4. The average molecular weight is 336 g/mol. The fourth-order valence-corrected chi connectivity index (χ4v) is 2.91. The van der Waals surface area contributed by atoms with E-state index in [1.54, 1.807) is 7.05 Å². The summed E-state index contributed by atoms with van der Waals surface area (Å²) in [6, 6.07) is 0.0520. The van der Waals surface area contributed by atoms with Crippen LogP contribution in [0.5, 0.6) is 0 Å². The van der Waals surface area contributed by atoms with Gasteiger partial charge in [-0.05, 0) is 26.9 Å². The summed E-state index contributed by atoms with van der Waals surface area (Å²) in [6.07, 6.45) is 0. The first kappa shape index (κ1) is 18.3. The van der Waals surface area contributed by atoms with E-state index in [0.29, 0.717) is 17.1 Å². The van der Waals surface area contributed by atoms with Gasteiger partial charge in [-0.2, -0.15) is 4.98 Å². The quantitative estimate of drug-likeness (QED) is 0.808. The Kier molecular flexibility index (Phi) is 5.48. The standard InChI is InChI=1S/C16H28N6O2/c1-7-21(8-2)10-9-17-15-18-13-12(22(15)11(3)4)14(23)20(6)16(24)19(13)5/h11H,7-10H2,1-6H3,(H,17,18). The van der Waals surface area contributed by atoms with Crippen LogP contribution in [0.3, 0.4) is 0 Å². The van der Waals surface area contributed by atoms with Crippen molar-refractivity contribution in [2.75, 3.05) is 31.5 Å². The normalized spacial score (nSPS) is 11.8. The molecule has 134 valence electrons. The van der Waals surface area contributed by atoms with Gasteiger partial charge >= 0.3 is 5.69 Å². The maximum atomic E-state index is 12.6. The number of imidazole rings is 1. The molecule has 0 saturated carbocycles. The lowest BCUT2D eigenvalue weighted by atomic mass is 10.3. The third-order valence-electron chi connectivity index (χ3n) is 4.41. The van der Waals surface area contributed by atoms with E-state index in [1.165, 1.54) is 11.6 Å². The predicted octanol–water partition coefficient (Wildman–Crippen LogP) is 0.768. The lowest BCUT2D eigenvalue weighted by molar-refractivity contribution is 0.315. The van der Waals surface area contributed by atoms with Crippen LogP contribution < -0.4 is 16.6 Å². The first-order chi connectivity index (χ1) is 11.3. The Morgan fingerprint density at radius 3 is 2.29 bits per heavy atom. The molecular formula is C16H28N6O2. The molecule has 2 aromatic rings. The van der Waals surface area contributed by atoms with Gasteiger partial charge in [-0.25, -0.2) is 4.79 Å². The van der Waals surface area contributed by atoms with E-state index < -0.39 is 0 Å². The molecule has 0 aliphatic heterocycles. The van der Waals surface area contributed by atoms with Crippen LogP contribution in [0.25, 0.3) is 11.2 Å². The monoisotopic (exact) mass is 336 g/mol. The topological polar surface area (TPSA) is 77.1 Å². The number of nitrogens with one attached hydrogen (secondary N) is 1. The molecular weight excluding hydrogens is 308 g/mol. The van der Waals surface area contributed by atoms with Gasteiger partial charge in [0, 0.05) is 33.2 Å². The number of fused-ring (bicyclic) bond motifs is 1. The second-order valence-corrected chi connectivity index (χ2v) is 6.23. The Hall–Kier alpha value is -2.09. The molecule has 8 nitrogen and oxygen atoms in total. The number of hydrogen-bond donors (Lipinski definition) is 1. The number of likely N-dealkylation sites (N-methyl/N-ethyl adjacent to an activating group) is 1. The van der Waals surface area contributed by atoms with Crippen molar-refractivity contribution in [3.63, 3.8) is 0 Å². The minimum Gasteiger partial charge on any atom is -0.354 e. The van der Waals surface area contributed by atoms with Gasteiger partial charge in [0.25, 0.3) is 5.56 Å². The molecule has 0 unspecified atom stereocenters. The first-order valence-corrected chi connectivity index (χ1v) is 8.47. The zero-order chi connectivity index (χ0) is 18.0. The molecule has 0 fully saturated rings. The Labute approximate surface area is 141 Å². The van der Waals surface area contributed by atoms with Gasteiger partial charge in [-0.3, -0.25) is 13.9 Å². The highest BCUT2D eigenvalue weighted by molar-refractivity contribution is 5.74. The summed E-state index contributed by atoms with van der Waals surface area (Å²) in [5, 5.41) is 3.32. The van der Waals surface area contributed by atoms with Crippen molar-refractivity contribution in [3.8, 4) is 0 Å². The highest BCUT2D eigenvalue weighted by atomic mass is 16.2. The molecule has 2 aromatic heterocycles. The smallest absolute Gasteiger partial charge is 0.332 e. The molecule has 0 saturated heterocycles. The van der Waals surface area contributed by atoms with Gasteiger partial charge in [0.2, 0.25) is 5.95 Å². The summed E-state index contributed by atoms with van der Waals surface area (Å²) in [5.74, 6) is 0.630. The van der Waals surface area contributed by atoms with Crippen molar-refractivity contribution in [3.05, 3.63) is 20.8 Å². The maximum absolute atomic E-state index is 12.6. The van der Waals surface area contributed by atoms with Crippen LogP contribution in [-0.4, -0.2) is 49.8 Å². The number of nitrogens with zero attached hydrogens (tertiary/aromatic N) is 5. The second-order valence-electron chi connectivity index (χ2n) is 6.23. The van der Waals surface area contributed by atoms with E-state index in [9.17, 15) is 9.59 Å². The van der Waals surface area contributed by atoms with Crippen molar-refractivity contribution in [1.29, 1.82) is 0 Å². The lowest BCUT2D eigenvalue weighted by Gasteiger charge is -2.19. The number of rotatable bonds is 7. The van der Waals surface area contributed by atoms with Crippen LogP contribution in [0.1, 0.15) is 33.7 Å². The predicted molar refractivity (Wildman–Crippen MR) is 96.9 cm³/mol. The fraction of sp³-hybridized carbons (Fsp3) is 0.688. The first-order valence-electron chi connectivity index (χ1n) is 8.47. The molecule has 24 heavy (non-hydrogen) atoms. The summed E-state index contributed by atoms with van der Waals surface area (Å²) >= 11 is 0. The van der Waals surface area contributed by atoms with Crippen LogP contribution >= 0.6 is 0 Å². The third-order valence-corrected chi connectivity index (χ3v) is 4.41. The molecule has 0 bridgehead atoms. The van der Waals surface area contributed by atoms with Gasteiger partial charge in [-0.1, -0.05) is 13.8 Å². The molecule has 0 aliphatic rings. The summed E-state index contributed by atoms with van der Waals surface area (Å²) in [6.45, 7) is 11.9. The molecule has 8 heteroatoms. The van der Waals surface area contributed by atoms with E-state index in [0.717, 1.165) is 30.7 Å². The molecule has 1 N–H and O–H groups in total. The van der Waals surface area contributed by atoms with Crippen LogP contribution in [0.4, 0.5) is 5.95 Å². The summed E-state index contributed by atoms with van der Waals surface area (Å²) in [7, 11) is 3.14. The number of hydrogen-bond acceptors (Lipinski definition) is 5.